The molecule has 0 fully saturated rings. The minimum absolute atomic E-state index is 0.107. The van der Waals surface area contributed by atoms with Crippen LogP contribution in [-0.2, 0) is 20.7 Å². The minimum atomic E-state index is -0.449. The smallest absolute Gasteiger partial charge is 0.310 e. The van der Waals surface area contributed by atoms with Gasteiger partial charge in [-0.3, -0.25) is 9.59 Å². The number of methoxy groups -OCH3 is 1. The summed E-state index contributed by atoms with van der Waals surface area (Å²) in [5.74, 6) is -0.0487. The van der Waals surface area contributed by atoms with E-state index in [0.717, 1.165) is 22.6 Å². The van der Waals surface area contributed by atoms with Crippen LogP contribution < -0.4 is 4.74 Å². The molecule has 1 aliphatic heterocycles. The largest absolute Gasteiger partial charge is 0.497 e. The molecule has 0 saturated heterocycles. The maximum Gasteiger partial charge on any atom is 0.310 e. The molecule has 0 unspecified atom stereocenters. The summed E-state index contributed by atoms with van der Waals surface area (Å²) in [5.41, 5.74) is 2.66. The first-order chi connectivity index (χ1) is 12.7. The quantitative estimate of drug-likeness (QED) is 0.749. The molecule has 3 rings (SSSR count). The van der Waals surface area contributed by atoms with E-state index in [1.54, 1.807) is 31.4 Å². The summed E-state index contributed by atoms with van der Waals surface area (Å²) in [7, 11) is 1.58. The molecule has 2 aromatic rings. The van der Waals surface area contributed by atoms with Crippen LogP contribution >= 0.6 is 0 Å². The molecule has 0 spiro atoms. The van der Waals surface area contributed by atoms with Gasteiger partial charge in [0.15, 0.2) is 6.61 Å². The van der Waals surface area contributed by atoms with Gasteiger partial charge in [0.25, 0.3) is 5.91 Å². The van der Waals surface area contributed by atoms with Crippen LogP contribution in [0, 0.1) is 0 Å². The molecule has 0 N–H and O–H groups in total. The van der Waals surface area contributed by atoms with Crippen molar-refractivity contribution in [1.82, 2.24) is 5.01 Å². The Bertz CT molecular complexity index is 800. The number of hydrazone groups is 1. The number of nitrogens with zero attached hydrogens (tertiary/aromatic N) is 2. The number of benzene rings is 2. The van der Waals surface area contributed by atoms with E-state index in [1.807, 2.05) is 30.3 Å². The van der Waals surface area contributed by atoms with E-state index >= 15 is 0 Å². The van der Waals surface area contributed by atoms with Crippen LogP contribution in [0.25, 0.3) is 0 Å². The maximum atomic E-state index is 12.2. The molecular weight excluding hydrogens is 332 g/mol. The fourth-order valence-electron chi connectivity index (χ4n) is 2.65. The Morgan fingerprint density at radius 2 is 1.81 bits per heavy atom. The van der Waals surface area contributed by atoms with Gasteiger partial charge in [-0.05, 0) is 23.3 Å². The van der Waals surface area contributed by atoms with Gasteiger partial charge in [0, 0.05) is 6.42 Å². The van der Waals surface area contributed by atoms with Gasteiger partial charge in [-0.1, -0.05) is 42.5 Å². The fourth-order valence-corrected chi connectivity index (χ4v) is 2.65. The third kappa shape index (κ3) is 4.47. The lowest BCUT2D eigenvalue weighted by Crippen LogP contribution is -2.29. The monoisotopic (exact) mass is 352 g/mol. The third-order valence-electron chi connectivity index (χ3n) is 4.06. The Morgan fingerprint density at radius 1 is 1.08 bits per heavy atom. The molecule has 0 saturated carbocycles. The van der Waals surface area contributed by atoms with Crippen molar-refractivity contribution in [3.63, 3.8) is 0 Å². The zero-order valence-electron chi connectivity index (χ0n) is 14.6. The molecule has 1 aliphatic rings. The summed E-state index contributed by atoms with van der Waals surface area (Å²) in [6, 6.07) is 16.9. The lowest BCUT2D eigenvalue weighted by atomic mass is 10.1. The van der Waals surface area contributed by atoms with E-state index in [-0.39, 0.29) is 18.9 Å². The fraction of sp³-hybridized carbons (Fsp3) is 0.250. The average molecular weight is 352 g/mol. The van der Waals surface area contributed by atoms with Crippen molar-refractivity contribution >= 4 is 17.6 Å². The Labute approximate surface area is 152 Å². The standard InChI is InChI=1S/C20H20N2O4/c1-25-17-9-7-15(8-10-17)13-20(24)26-14-19(23)22-12-11-18(21-22)16-5-3-2-4-6-16/h2-10H,11-14H2,1H3. The Kier molecular flexibility index (Phi) is 5.63. The normalized spacial score (nSPS) is 13.3. The van der Waals surface area contributed by atoms with Crippen molar-refractivity contribution in [2.45, 2.75) is 12.8 Å². The minimum Gasteiger partial charge on any atom is -0.497 e. The number of carbonyl (C=O) groups is 2. The predicted molar refractivity (Wildman–Crippen MR) is 97.0 cm³/mol. The van der Waals surface area contributed by atoms with Crippen LogP contribution in [0.3, 0.4) is 0 Å². The molecule has 0 atom stereocenters. The van der Waals surface area contributed by atoms with Crippen LogP contribution in [0.4, 0.5) is 0 Å². The van der Waals surface area contributed by atoms with Crippen LogP contribution in [-0.4, -0.2) is 42.9 Å². The number of ether oxygens (including phenoxy) is 2. The zero-order valence-corrected chi connectivity index (χ0v) is 14.6. The molecular formula is C20H20N2O4. The highest BCUT2D eigenvalue weighted by atomic mass is 16.5. The van der Waals surface area contributed by atoms with Crippen LogP contribution in [0.15, 0.2) is 59.7 Å². The molecule has 134 valence electrons. The summed E-state index contributed by atoms with van der Waals surface area (Å²) in [4.78, 5) is 24.1. The van der Waals surface area contributed by atoms with Gasteiger partial charge < -0.3 is 9.47 Å². The molecule has 6 nitrogen and oxygen atoms in total. The van der Waals surface area contributed by atoms with Crippen molar-refractivity contribution in [1.29, 1.82) is 0 Å². The highest BCUT2D eigenvalue weighted by Crippen LogP contribution is 2.14. The van der Waals surface area contributed by atoms with Crippen LogP contribution in [0.1, 0.15) is 17.5 Å². The second-order valence-corrected chi connectivity index (χ2v) is 5.87. The molecule has 6 heteroatoms. The number of hydrogen-bond acceptors (Lipinski definition) is 5. The van der Waals surface area contributed by atoms with Gasteiger partial charge in [0.2, 0.25) is 0 Å². The van der Waals surface area contributed by atoms with Crippen molar-refractivity contribution in [2.75, 3.05) is 20.3 Å². The summed E-state index contributed by atoms with van der Waals surface area (Å²) in [6.07, 6.45) is 0.797. The topological polar surface area (TPSA) is 68.2 Å². The van der Waals surface area contributed by atoms with E-state index in [2.05, 4.69) is 5.10 Å². The van der Waals surface area contributed by atoms with Gasteiger partial charge in [0.05, 0.1) is 25.8 Å². The summed E-state index contributed by atoms with van der Waals surface area (Å²) < 4.78 is 10.2. The summed E-state index contributed by atoms with van der Waals surface area (Å²) >= 11 is 0. The van der Waals surface area contributed by atoms with E-state index < -0.39 is 5.97 Å². The Hall–Kier alpha value is -3.15. The molecule has 0 bridgehead atoms. The van der Waals surface area contributed by atoms with Gasteiger partial charge in [-0.2, -0.15) is 5.10 Å². The van der Waals surface area contributed by atoms with Gasteiger partial charge >= 0.3 is 5.97 Å². The van der Waals surface area contributed by atoms with Gasteiger partial charge in [0.1, 0.15) is 5.75 Å². The summed E-state index contributed by atoms with van der Waals surface area (Å²) in [5, 5.41) is 5.70. The Balaban J connectivity index is 1.49. The van der Waals surface area contributed by atoms with E-state index in [9.17, 15) is 9.59 Å². The molecule has 0 aromatic heterocycles. The van der Waals surface area contributed by atoms with E-state index in [4.69, 9.17) is 9.47 Å². The number of esters is 1. The molecule has 0 radical (unpaired) electrons. The van der Waals surface area contributed by atoms with Crippen molar-refractivity contribution in [3.05, 3.63) is 65.7 Å². The predicted octanol–water partition coefficient (Wildman–Crippen LogP) is 2.42. The highest BCUT2D eigenvalue weighted by molar-refractivity contribution is 6.02. The zero-order chi connectivity index (χ0) is 18.4. The average Bonchev–Trinajstić information content (AvgIpc) is 3.18. The molecule has 26 heavy (non-hydrogen) atoms. The molecule has 1 amide bonds. The third-order valence-corrected chi connectivity index (χ3v) is 4.06. The van der Waals surface area contributed by atoms with Crippen molar-refractivity contribution in [2.24, 2.45) is 5.10 Å². The van der Waals surface area contributed by atoms with Crippen LogP contribution in [0.5, 0.6) is 5.75 Å². The first kappa shape index (κ1) is 17.7. The van der Waals surface area contributed by atoms with Gasteiger partial charge in [-0.25, -0.2) is 5.01 Å². The van der Waals surface area contributed by atoms with Gasteiger partial charge in [-0.15, -0.1) is 0 Å². The first-order valence-electron chi connectivity index (χ1n) is 8.37. The second-order valence-electron chi connectivity index (χ2n) is 5.87. The molecule has 1 heterocycles. The van der Waals surface area contributed by atoms with E-state index in [1.165, 1.54) is 5.01 Å². The maximum absolute atomic E-state index is 12.2. The first-order valence-corrected chi connectivity index (χ1v) is 8.37. The number of amides is 1. The second kappa shape index (κ2) is 8.29. The van der Waals surface area contributed by atoms with E-state index in [0.29, 0.717) is 13.0 Å². The summed E-state index contributed by atoms with van der Waals surface area (Å²) in [6.45, 7) is 0.194. The molecule has 0 aliphatic carbocycles. The van der Waals surface area contributed by atoms with Crippen molar-refractivity contribution in [3.8, 4) is 5.75 Å². The lowest BCUT2D eigenvalue weighted by molar-refractivity contribution is -0.151. The Morgan fingerprint density at radius 3 is 2.50 bits per heavy atom. The number of carbonyl (C=O) groups excluding carboxylic acids is 2. The SMILES string of the molecule is COc1ccc(CC(=O)OCC(=O)N2CCC(c3ccccc3)=N2)cc1. The lowest BCUT2D eigenvalue weighted by Gasteiger charge is -2.11. The number of rotatable bonds is 6. The van der Waals surface area contributed by atoms with Crippen molar-refractivity contribution < 1.29 is 19.1 Å². The molecule has 2 aromatic carbocycles. The highest BCUT2D eigenvalue weighted by Gasteiger charge is 2.22. The number of hydrogen-bond donors (Lipinski definition) is 0. The van der Waals surface area contributed by atoms with Crippen LogP contribution in [0.2, 0.25) is 0 Å².